The Hall–Kier alpha value is -0.690. The standard InChI is InChI=1S/C16H25ClO/c1-11(2)14(8-9-17)13-6-7-16(18-5)15(10-13)12(3)4/h6-7,10-12,14H,8-9H2,1-5H3. The Kier molecular flexibility index (Phi) is 6.01. The minimum absolute atomic E-state index is 0.476. The van der Waals surface area contributed by atoms with E-state index in [1.807, 2.05) is 0 Å². The van der Waals surface area contributed by atoms with Crippen LogP contribution in [0.25, 0.3) is 0 Å². The van der Waals surface area contributed by atoms with Gasteiger partial charge in [-0.2, -0.15) is 0 Å². The zero-order valence-corrected chi connectivity index (χ0v) is 12.9. The van der Waals surface area contributed by atoms with Gasteiger partial charge >= 0.3 is 0 Å². The average Bonchev–Trinajstić information content (AvgIpc) is 2.34. The molecule has 0 aliphatic rings. The van der Waals surface area contributed by atoms with Crippen molar-refractivity contribution in [2.24, 2.45) is 5.92 Å². The van der Waals surface area contributed by atoms with Gasteiger partial charge in [-0.15, -0.1) is 11.6 Å². The number of halogens is 1. The van der Waals surface area contributed by atoms with Gasteiger partial charge in [0, 0.05) is 5.88 Å². The Labute approximate surface area is 116 Å². The second-order valence-electron chi connectivity index (χ2n) is 5.48. The van der Waals surface area contributed by atoms with Gasteiger partial charge in [0.15, 0.2) is 0 Å². The smallest absolute Gasteiger partial charge is 0.122 e. The summed E-state index contributed by atoms with van der Waals surface area (Å²) in [7, 11) is 1.74. The second-order valence-corrected chi connectivity index (χ2v) is 5.86. The third kappa shape index (κ3) is 3.65. The summed E-state index contributed by atoms with van der Waals surface area (Å²) >= 11 is 5.93. The number of rotatable bonds is 6. The number of methoxy groups -OCH3 is 1. The number of benzene rings is 1. The van der Waals surface area contributed by atoms with Crippen molar-refractivity contribution in [1.29, 1.82) is 0 Å². The number of hydrogen-bond donors (Lipinski definition) is 0. The SMILES string of the molecule is COc1ccc(C(CCCl)C(C)C)cc1C(C)C. The fraction of sp³-hybridized carbons (Fsp3) is 0.625. The maximum absolute atomic E-state index is 5.93. The Morgan fingerprint density at radius 2 is 1.83 bits per heavy atom. The minimum atomic E-state index is 0.476. The second kappa shape index (κ2) is 7.04. The first-order valence-electron chi connectivity index (χ1n) is 6.75. The van der Waals surface area contributed by atoms with Gasteiger partial charge in [0.25, 0.3) is 0 Å². The molecule has 0 heterocycles. The molecule has 102 valence electrons. The molecule has 18 heavy (non-hydrogen) atoms. The number of ether oxygens (including phenoxy) is 1. The molecular weight excluding hydrogens is 244 g/mol. The van der Waals surface area contributed by atoms with Gasteiger partial charge in [0.1, 0.15) is 5.75 Å². The summed E-state index contributed by atoms with van der Waals surface area (Å²) in [4.78, 5) is 0. The molecule has 0 aliphatic heterocycles. The lowest BCUT2D eigenvalue weighted by atomic mass is 9.84. The Morgan fingerprint density at radius 3 is 2.28 bits per heavy atom. The highest BCUT2D eigenvalue weighted by molar-refractivity contribution is 6.17. The van der Waals surface area contributed by atoms with Gasteiger partial charge in [0.2, 0.25) is 0 Å². The first-order chi connectivity index (χ1) is 8.51. The van der Waals surface area contributed by atoms with Crippen molar-refractivity contribution in [3.63, 3.8) is 0 Å². The van der Waals surface area contributed by atoms with Gasteiger partial charge in [-0.05, 0) is 41.4 Å². The van der Waals surface area contributed by atoms with Crippen molar-refractivity contribution < 1.29 is 4.74 Å². The molecular formula is C16H25ClO. The van der Waals surface area contributed by atoms with Crippen LogP contribution in [0, 0.1) is 5.92 Å². The largest absolute Gasteiger partial charge is 0.496 e. The van der Waals surface area contributed by atoms with E-state index in [-0.39, 0.29) is 0 Å². The first-order valence-corrected chi connectivity index (χ1v) is 7.28. The molecule has 0 aromatic heterocycles. The highest BCUT2D eigenvalue weighted by Gasteiger charge is 2.17. The van der Waals surface area contributed by atoms with E-state index in [9.17, 15) is 0 Å². The van der Waals surface area contributed by atoms with E-state index in [4.69, 9.17) is 16.3 Å². The van der Waals surface area contributed by atoms with Crippen LogP contribution in [0.5, 0.6) is 5.75 Å². The third-order valence-electron chi connectivity index (χ3n) is 3.53. The predicted octanol–water partition coefficient (Wildman–Crippen LogP) is 5.19. The molecule has 0 saturated heterocycles. The summed E-state index contributed by atoms with van der Waals surface area (Å²) in [5, 5.41) is 0. The Bertz CT molecular complexity index is 371. The summed E-state index contributed by atoms with van der Waals surface area (Å²) in [6.45, 7) is 8.92. The van der Waals surface area contributed by atoms with E-state index in [2.05, 4.69) is 45.9 Å². The molecule has 0 bridgehead atoms. The van der Waals surface area contributed by atoms with Gasteiger partial charge in [-0.3, -0.25) is 0 Å². The molecule has 1 atom stereocenters. The highest BCUT2D eigenvalue weighted by atomic mass is 35.5. The van der Waals surface area contributed by atoms with Gasteiger partial charge in [0.05, 0.1) is 7.11 Å². The minimum Gasteiger partial charge on any atom is -0.496 e. The van der Waals surface area contributed by atoms with Crippen LogP contribution in [-0.2, 0) is 0 Å². The van der Waals surface area contributed by atoms with Crippen LogP contribution in [0.3, 0.4) is 0 Å². The molecule has 0 amide bonds. The van der Waals surface area contributed by atoms with Gasteiger partial charge in [-0.25, -0.2) is 0 Å². The Balaban J connectivity index is 3.12. The Morgan fingerprint density at radius 1 is 1.17 bits per heavy atom. The maximum atomic E-state index is 5.93. The molecule has 1 rings (SSSR count). The number of alkyl halides is 1. The monoisotopic (exact) mass is 268 g/mol. The van der Waals surface area contributed by atoms with Crippen LogP contribution in [0.1, 0.15) is 57.1 Å². The molecule has 2 heteroatoms. The topological polar surface area (TPSA) is 9.23 Å². The van der Waals surface area contributed by atoms with E-state index in [1.165, 1.54) is 11.1 Å². The van der Waals surface area contributed by atoms with Crippen molar-refractivity contribution in [1.82, 2.24) is 0 Å². The third-order valence-corrected chi connectivity index (χ3v) is 3.75. The lowest BCUT2D eigenvalue weighted by Gasteiger charge is -2.22. The molecule has 1 nitrogen and oxygen atoms in total. The van der Waals surface area contributed by atoms with E-state index in [1.54, 1.807) is 7.11 Å². The van der Waals surface area contributed by atoms with Crippen LogP contribution in [0.2, 0.25) is 0 Å². The molecule has 1 aromatic carbocycles. The van der Waals surface area contributed by atoms with E-state index in [0.29, 0.717) is 23.6 Å². The molecule has 0 fully saturated rings. The summed E-state index contributed by atoms with van der Waals surface area (Å²) in [5.41, 5.74) is 2.67. The van der Waals surface area contributed by atoms with Gasteiger partial charge < -0.3 is 4.74 Å². The van der Waals surface area contributed by atoms with Crippen LogP contribution < -0.4 is 4.74 Å². The average molecular weight is 269 g/mol. The van der Waals surface area contributed by atoms with Gasteiger partial charge in [-0.1, -0.05) is 39.8 Å². The summed E-state index contributed by atoms with van der Waals surface area (Å²) in [5.74, 6) is 3.32. The summed E-state index contributed by atoms with van der Waals surface area (Å²) in [6.07, 6.45) is 1.03. The van der Waals surface area contributed by atoms with E-state index < -0.39 is 0 Å². The molecule has 0 saturated carbocycles. The van der Waals surface area contributed by atoms with Crippen molar-refractivity contribution in [3.8, 4) is 5.75 Å². The van der Waals surface area contributed by atoms with Crippen molar-refractivity contribution in [2.45, 2.75) is 46.0 Å². The van der Waals surface area contributed by atoms with Crippen molar-refractivity contribution in [3.05, 3.63) is 29.3 Å². The molecule has 1 unspecified atom stereocenters. The van der Waals surface area contributed by atoms with Crippen LogP contribution >= 0.6 is 11.6 Å². The fourth-order valence-electron chi connectivity index (χ4n) is 2.44. The number of hydrogen-bond acceptors (Lipinski definition) is 1. The molecule has 0 spiro atoms. The van der Waals surface area contributed by atoms with Crippen LogP contribution in [0.4, 0.5) is 0 Å². The highest BCUT2D eigenvalue weighted by Crippen LogP contribution is 2.34. The molecule has 0 aliphatic carbocycles. The predicted molar refractivity (Wildman–Crippen MR) is 80.0 cm³/mol. The normalized spacial score (nSPS) is 13.1. The first kappa shape index (κ1) is 15.4. The summed E-state index contributed by atoms with van der Waals surface area (Å²) < 4.78 is 5.44. The van der Waals surface area contributed by atoms with Crippen LogP contribution in [0.15, 0.2) is 18.2 Å². The lowest BCUT2D eigenvalue weighted by Crippen LogP contribution is -2.08. The van der Waals surface area contributed by atoms with Crippen molar-refractivity contribution >= 4 is 11.6 Å². The van der Waals surface area contributed by atoms with E-state index in [0.717, 1.165) is 12.2 Å². The zero-order chi connectivity index (χ0) is 13.7. The summed E-state index contributed by atoms with van der Waals surface area (Å²) in [6, 6.07) is 6.57. The maximum Gasteiger partial charge on any atom is 0.122 e. The molecule has 1 aromatic rings. The van der Waals surface area contributed by atoms with Crippen molar-refractivity contribution in [2.75, 3.05) is 13.0 Å². The van der Waals surface area contributed by atoms with E-state index >= 15 is 0 Å². The fourth-order valence-corrected chi connectivity index (χ4v) is 2.67. The quantitative estimate of drug-likeness (QED) is 0.646. The van der Waals surface area contributed by atoms with Crippen LogP contribution in [-0.4, -0.2) is 13.0 Å². The molecule has 0 radical (unpaired) electrons. The lowest BCUT2D eigenvalue weighted by molar-refractivity contribution is 0.406. The zero-order valence-electron chi connectivity index (χ0n) is 12.2. The molecule has 0 N–H and O–H groups in total.